The van der Waals surface area contributed by atoms with E-state index in [9.17, 15) is 4.79 Å². The number of aromatic nitrogens is 3. The SMILES string of the molecule is CCc1cc2c(=O)n(CN3CCCCC3c3nc4ccccc4s3)cnc2s1. The lowest BCUT2D eigenvalue weighted by molar-refractivity contribution is 0.108. The molecular formula is C21H22N4OS2. The Kier molecular flexibility index (Phi) is 4.74. The van der Waals surface area contributed by atoms with E-state index in [4.69, 9.17) is 4.98 Å². The van der Waals surface area contributed by atoms with Crippen LogP contribution in [0.15, 0.2) is 41.5 Å². The van der Waals surface area contributed by atoms with Crippen molar-refractivity contribution in [1.82, 2.24) is 19.4 Å². The molecule has 0 spiro atoms. The maximum Gasteiger partial charge on any atom is 0.263 e. The number of piperidine rings is 1. The van der Waals surface area contributed by atoms with E-state index in [1.807, 2.05) is 12.1 Å². The van der Waals surface area contributed by atoms with Crippen molar-refractivity contribution >= 4 is 43.1 Å². The molecule has 0 amide bonds. The standard InChI is InChI=1S/C21H22N4OS2/c1-2-14-11-15-19(27-14)22-12-25(21(15)26)13-24-10-6-5-8-17(24)20-23-16-7-3-4-9-18(16)28-20/h3-4,7,9,11-12,17H,2,5-6,8,10,13H2,1H3. The van der Waals surface area contributed by atoms with Gasteiger partial charge in [-0.3, -0.25) is 14.3 Å². The Morgan fingerprint density at radius 2 is 2.11 bits per heavy atom. The van der Waals surface area contributed by atoms with Gasteiger partial charge < -0.3 is 0 Å². The molecule has 4 aromatic rings. The fraction of sp³-hybridized carbons (Fsp3) is 0.381. The van der Waals surface area contributed by atoms with Crippen molar-refractivity contribution in [3.05, 3.63) is 56.9 Å². The Bertz CT molecular complexity index is 1160. The fourth-order valence-corrected chi connectivity index (χ4v) is 6.02. The maximum atomic E-state index is 13.0. The van der Waals surface area contributed by atoms with E-state index < -0.39 is 0 Å². The highest BCUT2D eigenvalue weighted by Crippen LogP contribution is 2.35. The Morgan fingerprint density at radius 3 is 2.96 bits per heavy atom. The summed E-state index contributed by atoms with van der Waals surface area (Å²) >= 11 is 3.40. The number of likely N-dealkylation sites (tertiary alicyclic amines) is 1. The molecule has 1 aromatic carbocycles. The highest BCUT2D eigenvalue weighted by atomic mass is 32.1. The van der Waals surface area contributed by atoms with E-state index in [-0.39, 0.29) is 11.6 Å². The summed E-state index contributed by atoms with van der Waals surface area (Å²) in [5.74, 6) is 0. The number of benzene rings is 1. The van der Waals surface area contributed by atoms with Gasteiger partial charge in [-0.25, -0.2) is 9.97 Å². The number of rotatable bonds is 4. The van der Waals surface area contributed by atoms with Gasteiger partial charge in [-0.2, -0.15) is 0 Å². The monoisotopic (exact) mass is 410 g/mol. The van der Waals surface area contributed by atoms with Gasteiger partial charge >= 0.3 is 0 Å². The van der Waals surface area contributed by atoms with Crippen LogP contribution in [0.3, 0.4) is 0 Å². The molecule has 1 atom stereocenters. The van der Waals surface area contributed by atoms with E-state index in [1.54, 1.807) is 33.6 Å². The zero-order valence-corrected chi connectivity index (χ0v) is 17.4. The molecule has 1 aliphatic heterocycles. The van der Waals surface area contributed by atoms with Gasteiger partial charge in [-0.15, -0.1) is 22.7 Å². The second kappa shape index (κ2) is 7.39. The number of para-hydroxylation sites is 1. The topological polar surface area (TPSA) is 51.0 Å². The van der Waals surface area contributed by atoms with Gasteiger partial charge in [0.05, 0.1) is 28.3 Å². The van der Waals surface area contributed by atoms with Gasteiger partial charge in [0.1, 0.15) is 16.2 Å². The Morgan fingerprint density at radius 1 is 1.21 bits per heavy atom. The van der Waals surface area contributed by atoms with Crippen LogP contribution in [-0.4, -0.2) is 26.0 Å². The molecule has 28 heavy (non-hydrogen) atoms. The molecule has 0 radical (unpaired) electrons. The summed E-state index contributed by atoms with van der Waals surface area (Å²) in [7, 11) is 0. The van der Waals surface area contributed by atoms with Crippen molar-refractivity contribution in [3.63, 3.8) is 0 Å². The number of hydrogen-bond acceptors (Lipinski definition) is 6. The first-order chi connectivity index (χ1) is 13.7. The normalized spacial score (nSPS) is 18.2. The average Bonchev–Trinajstić information content (AvgIpc) is 3.34. The van der Waals surface area contributed by atoms with Crippen molar-refractivity contribution in [2.24, 2.45) is 0 Å². The molecule has 0 N–H and O–H groups in total. The van der Waals surface area contributed by atoms with Crippen molar-refractivity contribution in [3.8, 4) is 0 Å². The minimum absolute atomic E-state index is 0.0644. The lowest BCUT2D eigenvalue weighted by Crippen LogP contribution is -2.38. The lowest BCUT2D eigenvalue weighted by Gasteiger charge is -2.34. The molecular weight excluding hydrogens is 388 g/mol. The van der Waals surface area contributed by atoms with Gasteiger partial charge in [0.15, 0.2) is 0 Å². The van der Waals surface area contributed by atoms with Crippen molar-refractivity contribution in [1.29, 1.82) is 0 Å². The van der Waals surface area contributed by atoms with E-state index in [0.717, 1.165) is 46.5 Å². The smallest absolute Gasteiger partial charge is 0.263 e. The summed E-state index contributed by atoms with van der Waals surface area (Å²) in [4.78, 5) is 26.9. The highest BCUT2D eigenvalue weighted by molar-refractivity contribution is 7.18. The van der Waals surface area contributed by atoms with Crippen LogP contribution in [0.5, 0.6) is 0 Å². The molecule has 0 saturated carbocycles. The summed E-state index contributed by atoms with van der Waals surface area (Å²) < 4.78 is 2.99. The van der Waals surface area contributed by atoms with Crippen LogP contribution in [0.1, 0.15) is 42.1 Å². The summed E-state index contributed by atoms with van der Waals surface area (Å²) in [5, 5.41) is 1.91. The largest absolute Gasteiger partial charge is 0.285 e. The molecule has 0 aliphatic carbocycles. The summed E-state index contributed by atoms with van der Waals surface area (Å²) in [6.07, 6.45) is 6.09. The van der Waals surface area contributed by atoms with Crippen molar-refractivity contribution < 1.29 is 0 Å². The van der Waals surface area contributed by atoms with Gasteiger partial charge in [-0.05, 0) is 37.5 Å². The second-order valence-corrected chi connectivity index (χ2v) is 9.47. The first-order valence-electron chi connectivity index (χ1n) is 9.80. The molecule has 1 saturated heterocycles. The third-order valence-electron chi connectivity index (χ3n) is 5.46. The number of thiazole rings is 1. The quantitative estimate of drug-likeness (QED) is 0.484. The van der Waals surface area contributed by atoms with Gasteiger partial charge in [0.2, 0.25) is 0 Å². The van der Waals surface area contributed by atoms with Gasteiger partial charge in [0.25, 0.3) is 5.56 Å². The first kappa shape index (κ1) is 18.0. The molecule has 5 nitrogen and oxygen atoms in total. The predicted octanol–water partition coefficient (Wildman–Crippen LogP) is 4.81. The number of nitrogens with zero attached hydrogens (tertiary/aromatic N) is 4. The molecule has 4 heterocycles. The van der Waals surface area contributed by atoms with E-state index in [0.29, 0.717) is 6.67 Å². The second-order valence-electron chi connectivity index (χ2n) is 7.29. The van der Waals surface area contributed by atoms with Crippen molar-refractivity contribution in [2.45, 2.75) is 45.3 Å². The Balaban J connectivity index is 1.48. The number of thiophene rings is 1. The van der Waals surface area contributed by atoms with E-state index in [2.05, 4.69) is 35.0 Å². The van der Waals surface area contributed by atoms with Gasteiger partial charge in [0, 0.05) is 11.4 Å². The predicted molar refractivity (Wildman–Crippen MR) is 116 cm³/mol. The third-order valence-corrected chi connectivity index (χ3v) is 7.79. The van der Waals surface area contributed by atoms with Crippen LogP contribution in [0.2, 0.25) is 0 Å². The van der Waals surface area contributed by atoms with Crippen LogP contribution in [0.25, 0.3) is 20.4 Å². The molecule has 144 valence electrons. The molecule has 7 heteroatoms. The molecule has 1 unspecified atom stereocenters. The van der Waals surface area contributed by atoms with Crippen molar-refractivity contribution in [2.75, 3.05) is 6.54 Å². The number of hydrogen-bond donors (Lipinski definition) is 0. The Labute approximate surface area is 171 Å². The molecule has 1 fully saturated rings. The van der Waals surface area contributed by atoms with Crippen LogP contribution in [-0.2, 0) is 13.1 Å². The van der Waals surface area contributed by atoms with Crippen LogP contribution < -0.4 is 5.56 Å². The summed E-state index contributed by atoms with van der Waals surface area (Å²) in [5.41, 5.74) is 1.13. The minimum atomic E-state index is 0.0644. The summed E-state index contributed by atoms with van der Waals surface area (Å²) in [6.45, 7) is 3.66. The van der Waals surface area contributed by atoms with Crippen LogP contribution >= 0.6 is 22.7 Å². The average molecular weight is 411 g/mol. The first-order valence-corrected chi connectivity index (χ1v) is 11.4. The fourth-order valence-electron chi connectivity index (χ4n) is 3.95. The van der Waals surface area contributed by atoms with Gasteiger partial charge in [-0.1, -0.05) is 25.5 Å². The van der Waals surface area contributed by atoms with E-state index >= 15 is 0 Å². The minimum Gasteiger partial charge on any atom is -0.285 e. The lowest BCUT2D eigenvalue weighted by atomic mass is 10.0. The molecule has 1 aliphatic rings. The molecule has 5 rings (SSSR count). The number of aryl methyl sites for hydroxylation is 1. The zero-order chi connectivity index (χ0) is 19.1. The van der Waals surface area contributed by atoms with E-state index in [1.165, 1.54) is 16.0 Å². The van der Waals surface area contributed by atoms with Crippen LogP contribution in [0.4, 0.5) is 0 Å². The number of fused-ring (bicyclic) bond motifs is 2. The Hall–Kier alpha value is -2.09. The zero-order valence-electron chi connectivity index (χ0n) is 15.8. The molecule has 0 bridgehead atoms. The summed E-state index contributed by atoms with van der Waals surface area (Å²) in [6, 6.07) is 10.6. The maximum absolute atomic E-state index is 13.0. The third kappa shape index (κ3) is 3.17. The molecule has 3 aromatic heterocycles. The van der Waals surface area contributed by atoms with Crippen LogP contribution in [0, 0.1) is 0 Å². The highest BCUT2D eigenvalue weighted by Gasteiger charge is 2.27.